The van der Waals surface area contributed by atoms with Gasteiger partial charge in [-0.05, 0) is 24.8 Å². The second kappa shape index (κ2) is 9.77. The van der Waals surface area contributed by atoms with Gasteiger partial charge in [0, 0.05) is 24.9 Å². The summed E-state index contributed by atoms with van der Waals surface area (Å²) in [4.78, 5) is 34.9. The zero-order chi connectivity index (χ0) is 17.2. The Morgan fingerprint density at radius 3 is 2.17 bits per heavy atom. The third-order valence-electron chi connectivity index (χ3n) is 3.32. The smallest absolute Gasteiger partial charge is 0.239 e. The summed E-state index contributed by atoms with van der Waals surface area (Å²) in [7, 11) is 0. The molecular formula is C18H26N2O3. The number of rotatable bonds is 9. The molecule has 0 saturated carbocycles. The van der Waals surface area contributed by atoms with E-state index in [0.717, 1.165) is 6.42 Å². The van der Waals surface area contributed by atoms with Crippen LogP contribution in [0, 0.1) is 5.92 Å². The van der Waals surface area contributed by atoms with E-state index in [1.807, 2.05) is 31.2 Å². The van der Waals surface area contributed by atoms with Crippen LogP contribution in [0.3, 0.4) is 0 Å². The van der Waals surface area contributed by atoms with Crippen molar-refractivity contribution in [2.75, 3.05) is 13.1 Å². The average Bonchev–Trinajstić information content (AvgIpc) is 2.51. The standard InChI is InChI=1S/C18H26N2O3/c1-4-19-18(23)12-20-17(22)10-9-16(21)15-7-5-14(6-8-15)11-13(2)3/h5-8,13H,4,9-12H2,1-3H3,(H,19,23)(H,20,22). The fourth-order valence-corrected chi connectivity index (χ4v) is 2.20. The first-order chi connectivity index (χ1) is 10.9. The molecule has 2 N–H and O–H groups in total. The Balaban J connectivity index is 2.38. The molecule has 0 saturated heterocycles. The Morgan fingerprint density at radius 1 is 0.957 bits per heavy atom. The lowest BCUT2D eigenvalue weighted by Gasteiger charge is -2.07. The highest BCUT2D eigenvalue weighted by Crippen LogP contribution is 2.11. The zero-order valence-corrected chi connectivity index (χ0v) is 14.1. The normalized spacial score (nSPS) is 10.4. The lowest BCUT2D eigenvalue weighted by Crippen LogP contribution is -2.36. The van der Waals surface area contributed by atoms with Gasteiger partial charge < -0.3 is 10.6 Å². The Kier molecular flexibility index (Phi) is 8.02. The largest absolute Gasteiger partial charge is 0.355 e. The number of nitrogens with one attached hydrogen (secondary N) is 2. The average molecular weight is 318 g/mol. The number of hydrogen-bond acceptors (Lipinski definition) is 3. The topological polar surface area (TPSA) is 75.3 Å². The number of likely N-dealkylation sites (N-methyl/N-ethyl adjacent to an activating group) is 1. The molecule has 2 amide bonds. The number of benzene rings is 1. The predicted molar refractivity (Wildman–Crippen MR) is 90.2 cm³/mol. The van der Waals surface area contributed by atoms with Gasteiger partial charge in [0.05, 0.1) is 6.54 Å². The number of Topliss-reactive ketones (excluding diaryl/α,β-unsaturated/α-hetero) is 1. The molecule has 1 rings (SSSR count). The predicted octanol–water partition coefficient (Wildman–Crippen LogP) is 2.10. The molecule has 1 aromatic carbocycles. The zero-order valence-electron chi connectivity index (χ0n) is 14.1. The summed E-state index contributed by atoms with van der Waals surface area (Å²) < 4.78 is 0. The van der Waals surface area contributed by atoms with Gasteiger partial charge in [-0.1, -0.05) is 38.1 Å². The highest BCUT2D eigenvalue weighted by molar-refractivity contribution is 5.98. The van der Waals surface area contributed by atoms with E-state index < -0.39 is 0 Å². The second-order valence-corrected chi connectivity index (χ2v) is 5.95. The van der Waals surface area contributed by atoms with Gasteiger partial charge in [-0.2, -0.15) is 0 Å². The molecule has 0 heterocycles. The Morgan fingerprint density at radius 2 is 1.61 bits per heavy atom. The molecule has 0 spiro atoms. The number of carbonyl (C=O) groups is 3. The Hall–Kier alpha value is -2.17. The van der Waals surface area contributed by atoms with Crippen LogP contribution in [0.4, 0.5) is 0 Å². The van der Waals surface area contributed by atoms with E-state index in [1.54, 1.807) is 0 Å². The molecule has 0 radical (unpaired) electrons. The van der Waals surface area contributed by atoms with Gasteiger partial charge in [0.2, 0.25) is 11.8 Å². The van der Waals surface area contributed by atoms with E-state index in [-0.39, 0.29) is 37.0 Å². The lowest BCUT2D eigenvalue weighted by molar-refractivity contribution is -0.126. The first-order valence-electron chi connectivity index (χ1n) is 8.08. The molecule has 0 unspecified atom stereocenters. The van der Waals surface area contributed by atoms with Crippen molar-refractivity contribution in [3.63, 3.8) is 0 Å². The van der Waals surface area contributed by atoms with Crippen LogP contribution in [0.2, 0.25) is 0 Å². The molecular weight excluding hydrogens is 292 g/mol. The van der Waals surface area contributed by atoms with Crippen molar-refractivity contribution in [3.8, 4) is 0 Å². The van der Waals surface area contributed by atoms with Crippen molar-refractivity contribution in [1.29, 1.82) is 0 Å². The van der Waals surface area contributed by atoms with Crippen LogP contribution in [0.5, 0.6) is 0 Å². The highest BCUT2D eigenvalue weighted by Gasteiger charge is 2.10. The maximum absolute atomic E-state index is 12.1. The van der Waals surface area contributed by atoms with Gasteiger partial charge in [0.25, 0.3) is 0 Å². The summed E-state index contributed by atoms with van der Waals surface area (Å²) in [6, 6.07) is 7.55. The Labute approximate surface area is 137 Å². The van der Waals surface area contributed by atoms with Gasteiger partial charge >= 0.3 is 0 Å². The molecule has 23 heavy (non-hydrogen) atoms. The number of amides is 2. The van der Waals surface area contributed by atoms with E-state index in [4.69, 9.17) is 0 Å². The molecule has 0 fully saturated rings. The Bertz CT molecular complexity index is 536. The minimum Gasteiger partial charge on any atom is -0.355 e. The van der Waals surface area contributed by atoms with Crippen LogP contribution >= 0.6 is 0 Å². The first-order valence-corrected chi connectivity index (χ1v) is 8.08. The van der Waals surface area contributed by atoms with E-state index in [2.05, 4.69) is 24.5 Å². The molecule has 0 atom stereocenters. The molecule has 5 nitrogen and oxygen atoms in total. The molecule has 0 aliphatic heterocycles. The second-order valence-electron chi connectivity index (χ2n) is 5.95. The van der Waals surface area contributed by atoms with Crippen LogP contribution in [0.1, 0.15) is 49.5 Å². The summed E-state index contributed by atoms with van der Waals surface area (Å²) in [5, 5.41) is 5.09. The molecule has 0 bridgehead atoms. The number of hydrogen-bond donors (Lipinski definition) is 2. The fraction of sp³-hybridized carbons (Fsp3) is 0.500. The van der Waals surface area contributed by atoms with E-state index in [9.17, 15) is 14.4 Å². The fourth-order valence-electron chi connectivity index (χ4n) is 2.20. The van der Waals surface area contributed by atoms with Crippen molar-refractivity contribution >= 4 is 17.6 Å². The van der Waals surface area contributed by atoms with E-state index in [0.29, 0.717) is 18.0 Å². The third-order valence-corrected chi connectivity index (χ3v) is 3.32. The minimum absolute atomic E-state index is 0.0508. The minimum atomic E-state index is -0.291. The molecule has 1 aromatic rings. The van der Waals surface area contributed by atoms with Crippen LogP contribution in [-0.4, -0.2) is 30.7 Å². The number of carbonyl (C=O) groups excluding carboxylic acids is 3. The van der Waals surface area contributed by atoms with Crippen LogP contribution in [-0.2, 0) is 16.0 Å². The van der Waals surface area contributed by atoms with Crippen molar-refractivity contribution < 1.29 is 14.4 Å². The maximum Gasteiger partial charge on any atom is 0.239 e. The van der Waals surface area contributed by atoms with E-state index in [1.165, 1.54) is 5.56 Å². The van der Waals surface area contributed by atoms with Crippen molar-refractivity contribution in [2.24, 2.45) is 5.92 Å². The van der Waals surface area contributed by atoms with Gasteiger partial charge in [-0.3, -0.25) is 14.4 Å². The lowest BCUT2D eigenvalue weighted by atomic mass is 9.99. The summed E-state index contributed by atoms with van der Waals surface area (Å²) >= 11 is 0. The number of ketones is 1. The van der Waals surface area contributed by atoms with Gasteiger partial charge in [-0.25, -0.2) is 0 Å². The quantitative estimate of drug-likeness (QED) is 0.685. The summed E-state index contributed by atoms with van der Waals surface area (Å²) in [5.74, 6) is -0.00615. The highest BCUT2D eigenvalue weighted by atomic mass is 16.2. The SMILES string of the molecule is CCNC(=O)CNC(=O)CCC(=O)c1ccc(CC(C)C)cc1. The van der Waals surface area contributed by atoms with Crippen LogP contribution in [0.15, 0.2) is 24.3 Å². The van der Waals surface area contributed by atoms with E-state index >= 15 is 0 Å². The molecule has 0 aliphatic rings. The molecule has 5 heteroatoms. The van der Waals surface area contributed by atoms with Gasteiger partial charge in [0.15, 0.2) is 5.78 Å². The maximum atomic E-state index is 12.1. The van der Waals surface area contributed by atoms with Gasteiger partial charge in [-0.15, -0.1) is 0 Å². The monoisotopic (exact) mass is 318 g/mol. The molecule has 126 valence electrons. The molecule has 0 aromatic heterocycles. The summed E-state index contributed by atoms with van der Waals surface area (Å²) in [6.07, 6.45) is 1.22. The molecule has 0 aliphatic carbocycles. The van der Waals surface area contributed by atoms with Gasteiger partial charge in [0.1, 0.15) is 0 Å². The van der Waals surface area contributed by atoms with Crippen LogP contribution < -0.4 is 10.6 Å². The third kappa shape index (κ3) is 7.58. The van der Waals surface area contributed by atoms with Crippen molar-refractivity contribution in [3.05, 3.63) is 35.4 Å². The van der Waals surface area contributed by atoms with Crippen molar-refractivity contribution in [1.82, 2.24) is 10.6 Å². The summed E-state index contributed by atoms with van der Waals surface area (Å²) in [6.45, 7) is 6.59. The van der Waals surface area contributed by atoms with Crippen LogP contribution in [0.25, 0.3) is 0 Å². The summed E-state index contributed by atoms with van der Waals surface area (Å²) in [5.41, 5.74) is 1.82. The van der Waals surface area contributed by atoms with Crippen molar-refractivity contribution in [2.45, 2.75) is 40.0 Å². The first kappa shape index (κ1) is 18.9.